The van der Waals surface area contributed by atoms with Gasteiger partial charge in [-0.25, -0.2) is 0 Å². The van der Waals surface area contributed by atoms with Crippen LogP contribution < -0.4 is 11.3 Å². The smallest absolute Gasteiger partial charge is 0.269 e. The second-order valence-corrected chi connectivity index (χ2v) is 5.18. The molecule has 0 fully saturated rings. The van der Waals surface area contributed by atoms with E-state index < -0.39 is 4.92 Å². The average Bonchev–Trinajstić information content (AvgIpc) is 2.48. The van der Waals surface area contributed by atoms with Gasteiger partial charge >= 0.3 is 0 Å². The number of aromatic amines is 1. The summed E-state index contributed by atoms with van der Waals surface area (Å²) in [7, 11) is 0. The minimum Gasteiger partial charge on any atom is -0.397 e. The number of halogens is 1. The lowest BCUT2D eigenvalue weighted by molar-refractivity contribution is -0.384. The largest absolute Gasteiger partial charge is 0.397 e. The molecule has 0 atom stereocenters. The second kappa shape index (κ2) is 5.16. The highest BCUT2D eigenvalue weighted by molar-refractivity contribution is 6.34. The fraction of sp³-hybridized carbons (Fsp3) is 0. The first-order chi connectivity index (χ1) is 10.5. The number of aromatic nitrogens is 1. The van der Waals surface area contributed by atoms with E-state index in [1.807, 2.05) is 0 Å². The number of non-ortho nitro benzene ring substituents is 1. The maximum Gasteiger partial charge on any atom is 0.269 e. The van der Waals surface area contributed by atoms with Gasteiger partial charge in [0.2, 0.25) is 5.56 Å². The van der Waals surface area contributed by atoms with Crippen LogP contribution in [0.5, 0.6) is 0 Å². The van der Waals surface area contributed by atoms with Crippen molar-refractivity contribution < 1.29 is 4.92 Å². The van der Waals surface area contributed by atoms with E-state index in [-0.39, 0.29) is 11.2 Å². The summed E-state index contributed by atoms with van der Waals surface area (Å²) < 4.78 is 0. The molecule has 0 aliphatic heterocycles. The van der Waals surface area contributed by atoms with Crippen molar-refractivity contribution in [1.82, 2.24) is 4.98 Å². The Morgan fingerprint density at radius 1 is 1.14 bits per heavy atom. The number of benzene rings is 2. The number of nitrogens with zero attached hydrogens (tertiary/aromatic N) is 1. The Morgan fingerprint density at radius 2 is 1.82 bits per heavy atom. The van der Waals surface area contributed by atoms with E-state index in [0.29, 0.717) is 32.7 Å². The van der Waals surface area contributed by atoms with Gasteiger partial charge < -0.3 is 10.7 Å². The zero-order valence-corrected chi connectivity index (χ0v) is 11.9. The van der Waals surface area contributed by atoms with E-state index in [4.69, 9.17) is 17.3 Å². The summed E-state index contributed by atoms with van der Waals surface area (Å²) >= 11 is 6.05. The van der Waals surface area contributed by atoms with Gasteiger partial charge in [0, 0.05) is 23.6 Å². The van der Waals surface area contributed by atoms with Gasteiger partial charge in [-0.3, -0.25) is 14.9 Å². The van der Waals surface area contributed by atoms with Gasteiger partial charge in [-0.2, -0.15) is 0 Å². The minimum absolute atomic E-state index is 0.0137. The van der Waals surface area contributed by atoms with Crippen LogP contribution in [0.25, 0.3) is 22.0 Å². The maximum atomic E-state index is 11.8. The first kappa shape index (κ1) is 14.1. The summed E-state index contributed by atoms with van der Waals surface area (Å²) in [6.45, 7) is 0. The predicted molar refractivity (Wildman–Crippen MR) is 86.1 cm³/mol. The molecule has 0 aliphatic rings. The number of nitrogens with one attached hydrogen (secondary N) is 1. The quantitative estimate of drug-likeness (QED) is 0.430. The number of H-pyrrole nitrogens is 1. The first-order valence-corrected chi connectivity index (χ1v) is 6.70. The Kier molecular flexibility index (Phi) is 3.30. The molecule has 0 amide bonds. The summed E-state index contributed by atoms with van der Waals surface area (Å²) in [5.74, 6) is 0. The highest BCUT2D eigenvalue weighted by Gasteiger charge is 2.11. The zero-order valence-electron chi connectivity index (χ0n) is 11.2. The summed E-state index contributed by atoms with van der Waals surface area (Å²) in [6.07, 6.45) is 0. The van der Waals surface area contributed by atoms with Crippen molar-refractivity contribution in [2.75, 3.05) is 5.73 Å². The van der Waals surface area contributed by atoms with E-state index >= 15 is 0 Å². The monoisotopic (exact) mass is 315 g/mol. The number of rotatable bonds is 2. The normalized spacial score (nSPS) is 10.8. The number of nitrogen functional groups attached to an aromatic ring is 1. The highest BCUT2D eigenvalue weighted by atomic mass is 35.5. The van der Waals surface area contributed by atoms with Crippen molar-refractivity contribution >= 4 is 33.9 Å². The number of nitrogens with two attached hydrogens (primary N) is 1. The third kappa shape index (κ3) is 2.40. The zero-order chi connectivity index (χ0) is 15.9. The number of hydrogen-bond acceptors (Lipinski definition) is 4. The van der Waals surface area contributed by atoms with Gasteiger partial charge in [-0.1, -0.05) is 11.6 Å². The highest BCUT2D eigenvalue weighted by Crippen LogP contribution is 2.32. The van der Waals surface area contributed by atoms with E-state index in [1.165, 1.54) is 18.2 Å². The van der Waals surface area contributed by atoms with Crippen molar-refractivity contribution in [2.45, 2.75) is 0 Å². The minimum atomic E-state index is -0.475. The van der Waals surface area contributed by atoms with Crippen LogP contribution in [0.15, 0.2) is 47.3 Å². The van der Waals surface area contributed by atoms with Crippen molar-refractivity contribution in [3.63, 3.8) is 0 Å². The summed E-state index contributed by atoms with van der Waals surface area (Å²) in [5.41, 5.74) is 7.69. The lowest BCUT2D eigenvalue weighted by Crippen LogP contribution is -2.05. The molecule has 6 nitrogen and oxygen atoms in total. The van der Waals surface area contributed by atoms with Gasteiger partial charge in [0.25, 0.3) is 5.69 Å². The molecule has 0 bridgehead atoms. The van der Waals surface area contributed by atoms with Gasteiger partial charge in [0.15, 0.2) is 0 Å². The molecule has 3 rings (SSSR count). The molecule has 1 aromatic heterocycles. The third-order valence-corrected chi connectivity index (χ3v) is 3.68. The van der Waals surface area contributed by atoms with Crippen LogP contribution in [0.2, 0.25) is 5.02 Å². The average molecular weight is 316 g/mol. The Hall–Kier alpha value is -2.86. The third-order valence-electron chi connectivity index (χ3n) is 3.35. The molecule has 110 valence electrons. The fourth-order valence-corrected chi connectivity index (χ4v) is 2.46. The molecule has 7 heteroatoms. The summed E-state index contributed by atoms with van der Waals surface area (Å²) in [4.78, 5) is 24.7. The lowest BCUT2D eigenvalue weighted by Gasteiger charge is -2.08. The number of pyridine rings is 1. The molecule has 0 unspecified atom stereocenters. The van der Waals surface area contributed by atoms with Crippen molar-refractivity contribution in [3.8, 4) is 11.1 Å². The van der Waals surface area contributed by atoms with Crippen LogP contribution in [0.4, 0.5) is 11.4 Å². The Balaban J connectivity index is 2.27. The Morgan fingerprint density at radius 3 is 2.45 bits per heavy atom. The molecule has 0 saturated heterocycles. The van der Waals surface area contributed by atoms with Crippen LogP contribution in [-0.2, 0) is 0 Å². The van der Waals surface area contributed by atoms with Crippen molar-refractivity contribution in [3.05, 3.63) is 68.0 Å². The van der Waals surface area contributed by atoms with Gasteiger partial charge in [-0.05, 0) is 35.4 Å². The van der Waals surface area contributed by atoms with Crippen LogP contribution in [0, 0.1) is 10.1 Å². The molecular formula is C15H10ClN3O3. The summed E-state index contributed by atoms with van der Waals surface area (Å²) in [5, 5.41) is 11.8. The molecule has 22 heavy (non-hydrogen) atoms. The number of anilines is 1. The molecule has 0 radical (unpaired) electrons. The Labute approximate surface area is 129 Å². The molecule has 0 saturated carbocycles. The molecular weight excluding hydrogens is 306 g/mol. The summed E-state index contributed by atoms with van der Waals surface area (Å²) in [6, 6.07) is 10.7. The second-order valence-electron chi connectivity index (χ2n) is 4.77. The SMILES string of the molecule is Nc1cc2[nH]c(=O)cc(-c3ccc([N+](=O)[O-])cc3)c2cc1Cl. The Bertz CT molecular complexity index is 949. The van der Waals surface area contributed by atoms with Gasteiger partial charge in [0.05, 0.1) is 21.2 Å². The number of fused-ring (bicyclic) bond motifs is 1. The van der Waals surface area contributed by atoms with E-state index in [1.54, 1.807) is 24.3 Å². The van der Waals surface area contributed by atoms with E-state index in [0.717, 1.165) is 0 Å². The maximum absolute atomic E-state index is 11.8. The van der Waals surface area contributed by atoms with Crippen LogP contribution in [-0.4, -0.2) is 9.91 Å². The van der Waals surface area contributed by atoms with Crippen LogP contribution >= 0.6 is 11.6 Å². The number of nitro benzene ring substituents is 1. The molecule has 1 heterocycles. The number of nitro groups is 1. The van der Waals surface area contributed by atoms with Gasteiger partial charge in [-0.15, -0.1) is 0 Å². The van der Waals surface area contributed by atoms with Crippen LogP contribution in [0.3, 0.4) is 0 Å². The van der Waals surface area contributed by atoms with E-state index in [2.05, 4.69) is 4.98 Å². The fourth-order valence-electron chi connectivity index (χ4n) is 2.30. The molecule has 0 spiro atoms. The molecule has 3 aromatic rings. The van der Waals surface area contributed by atoms with E-state index in [9.17, 15) is 14.9 Å². The van der Waals surface area contributed by atoms with Crippen molar-refractivity contribution in [2.24, 2.45) is 0 Å². The number of hydrogen-bond donors (Lipinski definition) is 2. The predicted octanol–water partition coefficient (Wildman–Crippen LogP) is 3.34. The standard InChI is InChI=1S/C15H10ClN3O3/c16-12-5-11-10(6-15(20)18-14(11)7-13(12)17)8-1-3-9(4-2-8)19(21)22/h1-7H,17H2,(H,18,20). The van der Waals surface area contributed by atoms with Crippen molar-refractivity contribution in [1.29, 1.82) is 0 Å². The molecule has 2 aromatic carbocycles. The van der Waals surface area contributed by atoms with Gasteiger partial charge in [0.1, 0.15) is 0 Å². The topological polar surface area (TPSA) is 102 Å². The first-order valence-electron chi connectivity index (χ1n) is 6.32. The van der Waals surface area contributed by atoms with Crippen LogP contribution in [0.1, 0.15) is 0 Å². The molecule has 0 aliphatic carbocycles. The lowest BCUT2D eigenvalue weighted by atomic mass is 10.0. The molecule has 3 N–H and O–H groups in total.